The Morgan fingerprint density at radius 1 is 1.00 bits per heavy atom. The Balaban J connectivity index is 2.67. The fourth-order valence-corrected chi connectivity index (χ4v) is 3.28. The Morgan fingerprint density at radius 3 is 1.85 bits per heavy atom. The zero-order chi connectivity index (χ0) is 9.26. The molecule has 0 atom stereocenters. The van der Waals surface area contributed by atoms with Crippen LogP contribution in [0.15, 0.2) is 12.1 Å². The minimum atomic E-state index is 0.0802. The first-order valence-corrected chi connectivity index (χ1v) is 7.48. The van der Waals surface area contributed by atoms with Crippen LogP contribution in [0.4, 0.5) is 0 Å². The number of hydrogen-bond donors (Lipinski definition) is 0. The molecular formula is C8H6Br2N2Se. The van der Waals surface area contributed by atoms with Gasteiger partial charge in [-0.25, -0.2) is 0 Å². The quantitative estimate of drug-likeness (QED) is 0.601. The number of nitrogens with zero attached hydrogens (tertiary/aromatic N) is 2. The Hall–Kier alpha value is 0.299. The molecule has 5 heteroatoms. The van der Waals surface area contributed by atoms with Crippen LogP contribution in [-0.4, -0.2) is 22.9 Å². The monoisotopic (exact) mass is 368 g/mol. The van der Waals surface area contributed by atoms with Gasteiger partial charge in [-0.2, -0.15) is 0 Å². The van der Waals surface area contributed by atoms with Crippen molar-refractivity contribution in [3.05, 3.63) is 23.3 Å². The van der Waals surface area contributed by atoms with E-state index in [1.165, 1.54) is 11.1 Å². The minimum absolute atomic E-state index is 0.0802. The molecule has 2 rings (SSSR count). The summed E-state index contributed by atoms with van der Waals surface area (Å²) >= 11 is 7.02. The van der Waals surface area contributed by atoms with Gasteiger partial charge < -0.3 is 0 Å². The van der Waals surface area contributed by atoms with Crippen LogP contribution >= 0.6 is 31.9 Å². The van der Waals surface area contributed by atoms with Crippen LogP contribution in [-0.2, 0) is 10.7 Å². The van der Waals surface area contributed by atoms with Crippen molar-refractivity contribution in [2.45, 2.75) is 10.7 Å². The third-order valence-corrected chi connectivity index (χ3v) is 4.24. The number of halogens is 2. The van der Waals surface area contributed by atoms with E-state index >= 15 is 0 Å². The van der Waals surface area contributed by atoms with Crippen LogP contribution < -0.4 is 0 Å². The molecule has 0 aliphatic heterocycles. The summed E-state index contributed by atoms with van der Waals surface area (Å²) in [6, 6.07) is 4.25. The van der Waals surface area contributed by atoms with Crippen molar-refractivity contribution in [3.63, 3.8) is 0 Å². The van der Waals surface area contributed by atoms with Crippen molar-refractivity contribution in [2.75, 3.05) is 0 Å². The number of aromatic nitrogens is 2. The van der Waals surface area contributed by atoms with Gasteiger partial charge in [0.1, 0.15) is 0 Å². The van der Waals surface area contributed by atoms with Crippen molar-refractivity contribution >= 4 is 57.9 Å². The van der Waals surface area contributed by atoms with Gasteiger partial charge in [-0.1, -0.05) is 0 Å². The third-order valence-electron chi connectivity index (χ3n) is 1.86. The van der Waals surface area contributed by atoms with Gasteiger partial charge in [0.05, 0.1) is 0 Å². The van der Waals surface area contributed by atoms with Crippen molar-refractivity contribution in [3.8, 4) is 0 Å². The van der Waals surface area contributed by atoms with Crippen LogP contribution in [0.3, 0.4) is 0 Å². The Morgan fingerprint density at radius 2 is 1.46 bits per heavy atom. The van der Waals surface area contributed by atoms with Gasteiger partial charge in [-0.3, -0.25) is 0 Å². The molecule has 0 aliphatic rings. The molecule has 0 radical (unpaired) electrons. The Kier molecular flexibility index (Phi) is 3.19. The second kappa shape index (κ2) is 4.22. The van der Waals surface area contributed by atoms with E-state index in [1.54, 1.807) is 0 Å². The van der Waals surface area contributed by atoms with Crippen LogP contribution in [0, 0.1) is 0 Å². The van der Waals surface area contributed by atoms with Crippen molar-refractivity contribution in [1.29, 1.82) is 0 Å². The summed E-state index contributed by atoms with van der Waals surface area (Å²) < 4.78 is 8.69. The average Bonchev–Trinajstić information content (AvgIpc) is 2.62. The molecule has 0 bridgehead atoms. The van der Waals surface area contributed by atoms with E-state index in [0.717, 1.165) is 21.7 Å². The molecule has 1 aromatic heterocycles. The molecule has 1 heterocycles. The topological polar surface area (TPSA) is 25.8 Å². The van der Waals surface area contributed by atoms with Crippen LogP contribution in [0.25, 0.3) is 11.0 Å². The molecule has 68 valence electrons. The average molecular weight is 369 g/mol. The number of rotatable bonds is 2. The van der Waals surface area contributed by atoms with E-state index in [2.05, 4.69) is 52.0 Å². The van der Waals surface area contributed by atoms with Gasteiger partial charge in [0.25, 0.3) is 0 Å². The van der Waals surface area contributed by atoms with Crippen molar-refractivity contribution in [2.24, 2.45) is 0 Å². The normalized spacial score (nSPS) is 10.9. The van der Waals surface area contributed by atoms with Crippen LogP contribution in [0.5, 0.6) is 0 Å². The predicted molar refractivity (Wildman–Crippen MR) is 61.7 cm³/mol. The molecule has 0 amide bonds. The first-order chi connectivity index (χ1) is 6.35. The molecule has 0 N–H and O–H groups in total. The zero-order valence-electron chi connectivity index (χ0n) is 6.63. The molecule has 0 saturated heterocycles. The first kappa shape index (κ1) is 9.84. The zero-order valence-corrected chi connectivity index (χ0v) is 11.5. The van der Waals surface area contributed by atoms with E-state index < -0.39 is 0 Å². The van der Waals surface area contributed by atoms with E-state index in [4.69, 9.17) is 0 Å². The summed E-state index contributed by atoms with van der Waals surface area (Å²) in [7, 11) is 0. The second-order valence-corrected chi connectivity index (χ2v) is 4.87. The predicted octanol–water partition coefficient (Wildman–Crippen LogP) is 2.48. The van der Waals surface area contributed by atoms with Crippen LogP contribution in [0.1, 0.15) is 11.1 Å². The Labute approximate surface area is 99.2 Å². The maximum absolute atomic E-state index is 4.34. The first-order valence-electron chi connectivity index (χ1n) is 3.71. The SMILES string of the molecule is BrCc1cc2n[se]nc2cc1CBr. The van der Waals surface area contributed by atoms with E-state index in [0.29, 0.717) is 0 Å². The number of benzene rings is 1. The standard InChI is InChI=1S/C8H6Br2N2Se/c9-3-5-1-7-8(12-13-11-7)2-6(5)4-10/h1-2H,3-4H2. The van der Waals surface area contributed by atoms with Gasteiger partial charge in [-0.05, 0) is 0 Å². The summed E-state index contributed by atoms with van der Waals surface area (Å²) in [5, 5.41) is 1.76. The van der Waals surface area contributed by atoms with Gasteiger partial charge in [0.15, 0.2) is 0 Å². The Bertz CT molecular complexity index is 389. The maximum atomic E-state index is 4.34. The summed E-state index contributed by atoms with van der Waals surface area (Å²) in [4.78, 5) is 0. The van der Waals surface area contributed by atoms with E-state index in [-0.39, 0.29) is 15.0 Å². The van der Waals surface area contributed by atoms with E-state index in [9.17, 15) is 0 Å². The molecule has 0 spiro atoms. The summed E-state index contributed by atoms with van der Waals surface area (Å²) in [6.07, 6.45) is 0. The molecule has 0 saturated carbocycles. The van der Waals surface area contributed by atoms with E-state index in [1.807, 2.05) is 0 Å². The fourth-order valence-electron chi connectivity index (χ4n) is 1.17. The molecule has 0 aliphatic carbocycles. The molecule has 0 unspecified atom stereocenters. The molecule has 13 heavy (non-hydrogen) atoms. The molecule has 0 fully saturated rings. The fraction of sp³-hybridized carbons (Fsp3) is 0.250. The number of hydrogen-bond acceptors (Lipinski definition) is 2. The van der Waals surface area contributed by atoms with Gasteiger partial charge >= 0.3 is 99.7 Å². The molecule has 2 nitrogen and oxygen atoms in total. The van der Waals surface area contributed by atoms with Crippen LogP contribution in [0.2, 0.25) is 0 Å². The van der Waals surface area contributed by atoms with Gasteiger partial charge in [0, 0.05) is 0 Å². The molecular weight excluding hydrogens is 363 g/mol. The van der Waals surface area contributed by atoms with Gasteiger partial charge in [0.2, 0.25) is 0 Å². The summed E-state index contributed by atoms with van der Waals surface area (Å²) in [5.74, 6) is 0. The van der Waals surface area contributed by atoms with Crippen molar-refractivity contribution < 1.29 is 0 Å². The number of fused-ring (bicyclic) bond motifs is 1. The van der Waals surface area contributed by atoms with Crippen molar-refractivity contribution in [1.82, 2.24) is 7.96 Å². The molecule has 1 aromatic carbocycles. The number of alkyl halides is 2. The van der Waals surface area contributed by atoms with Gasteiger partial charge in [-0.15, -0.1) is 0 Å². The second-order valence-electron chi connectivity index (χ2n) is 2.64. The third kappa shape index (κ3) is 1.89. The summed E-state index contributed by atoms with van der Waals surface area (Å²) in [5.41, 5.74) is 4.71. The summed E-state index contributed by atoms with van der Waals surface area (Å²) in [6.45, 7) is 0. The molecule has 2 aromatic rings.